The summed E-state index contributed by atoms with van der Waals surface area (Å²) < 4.78 is 9.95. The molecule has 0 spiro atoms. The SMILES string of the molecule is COCCOC(C)CN. The first-order chi connectivity index (χ1) is 4.31. The van der Waals surface area contributed by atoms with E-state index in [1.165, 1.54) is 0 Å². The second-order valence-corrected chi connectivity index (χ2v) is 1.91. The van der Waals surface area contributed by atoms with E-state index in [4.69, 9.17) is 15.2 Å². The van der Waals surface area contributed by atoms with Gasteiger partial charge in [-0.3, -0.25) is 0 Å². The van der Waals surface area contributed by atoms with Crippen molar-refractivity contribution in [2.75, 3.05) is 26.9 Å². The smallest absolute Gasteiger partial charge is 0.0704 e. The van der Waals surface area contributed by atoms with E-state index in [1.807, 2.05) is 6.92 Å². The van der Waals surface area contributed by atoms with Gasteiger partial charge in [0, 0.05) is 13.7 Å². The molecule has 0 heterocycles. The normalized spacial score (nSPS) is 13.7. The Morgan fingerprint density at radius 1 is 1.44 bits per heavy atom. The second kappa shape index (κ2) is 6.01. The molecule has 1 atom stereocenters. The van der Waals surface area contributed by atoms with Gasteiger partial charge in [-0.2, -0.15) is 0 Å². The zero-order chi connectivity index (χ0) is 7.11. The molecule has 0 saturated heterocycles. The summed E-state index contributed by atoms with van der Waals surface area (Å²) in [6.07, 6.45) is 0.153. The summed E-state index contributed by atoms with van der Waals surface area (Å²) >= 11 is 0. The van der Waals surface area contributed by atoms with Gasteiger partial charge in [0.05, 0.1) is 19.3 Å². The predicted octanol–water partition coefficient (Wildman–Crippen LogP) is -0.00340. The van der Waals surface area contributed by atoms with Crippen LogP contribution in [0.4, 0.5) is 0 Å². The van der Waals surface area contributed by atoms with Gasteiger partial charge in [0.2, 0.25) is 0 Å². The third-order valence-corrected chi connectivity index (χ3v) is 1.02. The largest absolute Gasteiger partial charge is 0.382 e. The molecule has 56 valence electrons. The Hall–Kier alpha value is -0.120. The van der Waals surface area contributed by atoms with Gasteiger partial charge in [-0.25, -0.2) is 0 Å². The van der Waals surface area contributed by atoms with Crippen LogP contribution < -0.4 is 5.73 Å². The highest BCUT2D eigenvalue weighted by molar-refractivity contribution is 4.47. The minimum absolute atomic E-state index is 0.153. The molecule has 0 aliphatic heterocycles. The maximum absolute atomic E-state index is 5.29. The van der Waals surface area contributed by atoms with Gasteiger partial charge in [-0.1, -0.05) is 0 Å². The minimum Gasteiger partial charge on any atom is -0.382 e. The van der Waals surface area contributed by atoms with Crippen molar-refractivity contribution in [1.29, 1.82) is 0 Å². The molecule has 0 aromatic rings. The molecule has 0 bridgehead atoms. The molecule has 2 N–H and O–H groups in total. The van der Waals surface area contributed by atoms with Crippen LogP contribution in [0, 0.1) is 0 Å². The third kappa shape index (κ3) is 5.76. The molecule has 3 heteroatoms. The topological polar surface area (TPSA) is 44.5 Å². The van der Waals surface area contributed by atoms with Crippen molar-refractivity contribution in [1.82, 2.24) is 0 Å². The molecule has 0 radical (unpaired) electrons. The summed E-state index contributed by atoms with van der Waals surface area (Å²) in [4.78, 5) is 0. The molecule has 0 aromatic carbocycles. The highest BCUT2D eigenvalue weighted by Gasteiger charge is 1.95. The van der Waals surface area contributed by atoms with Crippen LogP contribution in [0.15, 0.2) is 0 Å². The molecule has 9 heavy (non-hydrogen) atoms. The zero-order valence-electron chi connectivity index (χ0n) is 6.09. The third-order valence-electron chi connectivity index (χ3n) is 1.02. The quantitative estimate of drug-likeness (QED) is 0.537. The fourth-order valence-corrected chi connectivity index (χ4v) is 0.401. The van der Waals surface area contributed by atoms with E-state index in [-0.39, 0.29) is 6.10 Å². The van der Waals surface area contributed by atoms with E-state index in [2.05, 4.69) is 0 Å². The molecule has 0 fully saturated rings. The van der Waals surface area contributed by atoms with Gasteiger partial charge < -0.3 is 15.2 Å². The minimum atomic E-state index is 0.153. The number of nitrogens with two attached hydrogens (primary N) is 1. The molecule has 1 unspecified atom stereocenters. The molecular weight excluding hydrogens is 118 g/mol. The van der Waals surface area contributed by atoms with E-state index in [0.29, 0.717) is 19.8 Å². The Balaban J connectivity index is 2.88. The molecule has 0 amide bonds. The van der Waals surface area contributed by atoms with Crippen LogP contribution in [0.1, 0.15) is 6.92 Å². The van der Waals surface area contributed by atoms with Crippen molar-refractivity contribution >= 4 is 0 Å². The summed E-state index contributed by atoms with van der Waals surface area (Å²) in [7, 11) is 1.65. The van der Waals surface area contributed by atoms with Crippen LogP contribution in [-0.2, 0) is 9.47 Å². The van der Waals surface area contributed by atoms with Crippen LogP contribution >= 0.6 is 0 Å². The number of rotatable bonds is 5. The first-order valence-electron chi connectivity index (χ1n) is 3.12. The van der Waals surface area contributed by atoms with Gasteiger partial charge >= 0.3 is 0 Å². The Morgan fingerprint density at radius 3 is 2.56 bits per heavy atom. The zero-order valence-corrected chi connectivity index (χ0v) is 6.09. The Kier molecular flexibility index (Phi) is 5.93. The number of hydrogen-bond donors (Lipinski definition) is 1. The highest BCUT2D eigenvalue weighted by Crippen LogP contribution is 1.85. The van der Waals surface area contributed by atoms with Crippen LogP contribution in [0.3, 0.4) is 0 Å². The lowest BCUT2D eigenvalue weighted by atomic mass is 10.4. The Labute approximate surface area is 56.1 Å². The Bertz CT molecular complexity index is 59.0. The van der Waals surface area contributed by atoms with E-state index < -0.39 is 0 Å². The van der Waals surface area contributed by atoms with Gasteiger partial charge in [0.1, 0.15) is 0 Å². The molecule has 0 aliphatic carbocycles. The van der Waals surface area contributed by atoms with Crippen LogP contribution in [0.5, 0.6) is 0 Å². The molecule has 0 rings (SSSR count). The van der Waals surface area contributed by atoms with Crippen molar-refractivity contribution in [2.24, 2.45) is 5.73 Å². The summed E-state index contributed by atoms with van der Waals surface area (Å²) in [5.74, 6) is 0. The first-order valence-corrected chi connectivity index (χ1v) is 3.12. The highest BCUT2D eigenvalue weighted by atomic mass is 16.5. The summed E-state index contributed by atoms with van der Waals surface area (Å²) in [6.45, 7) is 3.79. The van der Waals surface area contributed by atoms with Crippen molar-refractivity contribution < 1.29 is 9.47 Å². The molecule has 3 nitrogen and oxygen atoms in total. The van der Waals surface area contributed by atoms with Gasteiger partial charge in [-0.15, -0.1) is 0 Å². The lowest BCUT2D eigenvalue weighted by molar-refractivity contribution is 0.0306. The molecular formula is C6H15NO2. The molecule has 0 aliphatic rings. The molecule has 0 saturated carbocycles. The Morgan fingerprint density at radius 2 is 2.11 bits per heavy atom. The van der Waals surface area contributed by atoms with E-state index >= 15 is 0 Å². The van der Waals surface area contributed by atoms with E-state index in [1.54, 1.807) is 7.11 Å². The summed E-state index contributed by atoms with van der Waals surface area (Å²) in [6, 6.07) is 0. The van der Waals surface area contributed by atoms with Crippen molar-refractivity contribution in [3.63, 3.8) is 0 Å². The molecule has 0 aromatic heterocycles. The fraction of sp³-hybridized carbons (Fsp3) is 1.00. The summed E-state index contributed by atoms with van der Waals surface area (Å²) in [5.41, 5.74) is 5.29. The van der Waals surface area contributed by atoms with Crippen molar-refractivity contribution in [3.8, 4) is 0 Å². The van der Waals surface area contributed by atoms with Crippen LogP contribution in [0.2, 0.25) is 0 Å². The van der Waals surface area contributed by atoms with Gasteiger partial charge in [0.15, 0.2) is 0 Å². The first kappa shape index (κ1) is 8.88. The number of methoxy groups -OCH3 is 1. The average molecular weight is 133 g/mol. The average Bonchev–Trinajstić information content (AvgIpc) is 1.89. The van der Waals surface area contributed by atoms with E-state index in [9.17, 15) is 0 Å². The summed E-state index contributed by atoms with van der Waals surface area (Å²) in [5, 5.41) is 0. The lowest BCUT2D eigenvalue weighted by Crippen LogP contribution is -2.21. The predicted molar refractivity (Wildman–Crippen MR) is 36.3 cm³/mol. The van der Waals surface area contributed by atoms with Gasteiger partial charge in [0.25, 0.3) is 0 Å². The maximum Gasteiger partial charge on any atom is 0.0704 e. The monoisotopic (exact) mass is 133 g/mol. The van der Waals surface area contributed by atoms with Crippen molar-refractivity contribution in [3.05, 3.63) is 0 Å². The maximum atomic E-state index is 5.29. The van der Waals surface area contributed by atoms with Crippen molar-refractivity contribution in [2.45, 2.75) is 13.0 Å². The standard InChI is InChI=1S/C6H15NO2/c1-6(5-7)9-4-3-8-2/h6H,3-5,7H2,1-2H3. The van der Waals surface area contributed by atoms with Gasteiger partial charge in [-0.05, 0) is 6.92 Å². The number of hydrogen-bond acceptors (Lipinski definition) is 3. The van der Waals surface area contributed by atoms with Crippen LogP contribution in [-0.4, -0.2) is 33.0 Å². The van der Waals surface area contributed by atoms with Crippen LogP contribution in [0.25, 0.3) is 0 Å². The number of ether oxygens (including phenoxy) is 2. The fourth-order valence-electron chi connectivity index (χ4n) is 0.401. The van der Waals surface area contributed by atoms with E-state index in [0.717, 1.165) is 0 Å². The second-order valence-electron chi connectivity index (χ2n) is 1.91. The lowest BCUT2D eigenvalue weighted by Gasteiger charge is -2.08.